The third-order valence-electron chi connectivity index (χ3n) is 6.85. The first kappa shape index (κ1) is 32.5. The maximum absolute atomic E-state index is 13.4. The van der Waals surface area contributed by atoms with Crippen molar-refractivity contribution in [3.63, 3.8) is 0 Å². The number of hydrogen-bond acceptors (Lipinski definition) is 11. The van der Waals surface area contributed by atoms with Crippen LogP contribution in [0.2, 0.25) is 0 Å². The molecule has 0 unspecified atom stereocenters. The average molecular weight is 683 g/mol. The van der Waals surface area contributed by atoms with Crippen molar-refractivity contribution in [2.45, 2.75) is 27.4 Å². The standard InChI is InChI=1S/C31H26N2O10S3/c1-19-7-10-21(11-8-19)46(39,40)43-28-13-9-20(15-25(28)33(35)36)16-30-31(34)32-24-17-22(12-14-29(24)44-30)45(37,38)18-23-26(41-2)5-4-6-27(23)42-3/h4-17H,18H2,1-3H3,(H,32,34)/b30-16+. The zero-order chi connectivity index (χ0) is 33.2. The molecule has 0 saturated carbocycles. The summed E-state index contributed by atoms with van der Waals surface area (Å²) in [6, 6.07) is 18.7. The smallest absolute Gasteiger partial charge is 0.339 e. The SMILES string of the molecule is COc1cccc(OC)c1CS(=O)(=O)c1ccc2c(c1)NC(=O)/C(=C\c1ccc(OS(=O)(=O)c3ccc(C)cc3)c([N+](=O)[O-])c1)S2. The maximum atomic E-state index is 13.4. The minimum absolute atomic E-state index is 0.0284. The van der Waals surface area contributed by atoms with Crippen molar-refractivity contribution in [1.29, 1.82) is 0 Å². The minimum Gasteiger partial charge on any atom is -0.496 e. The Kier molecular flexibility index (Phi) is 9.10. The number of nitrogens with zero attached hydrogens (tertiary/aromatic N) is 1. The van der Waals surface area contributed by atoms with E-state index in [4.69, 9.17) is 13.7 Å². The molecule has 5 rings (SSSR count). The number of sulfone groups is 1. The van der Waals surface area contributed by atoms with Crippen molar-refractivity contribution >= 4 is 55.1 Å². The number of ether oxygens (including phenoxy) is 2. The largest absolute Gasteiger partial charge is 0.496 e. The first-order valence-electron chi connectivity index (χ1n) is 13.4. The molecule has 15 heteroatoms. The number of hydrogen-bond donors (Lipinski definition) is 1. The second kappa shape index (κ2) is 12.9. The number of rotatable bonds is 10. The molecule has 4 aromatic rings. The topological polar surface area (TPSA) is 168 Å². The fourth-order valence-electron chi connectivity index (χ4n) is 4.54. The molecule has 0 atom stereocenters. The maximum Gasteiger partial charge on any atom is 0.339 e. The number of nitro benzene ring substituents is 1. The van der Waals surface area contributed by atoms with E-state index in [0.717, 1.165) is 29.5 Å². The lowest BCUT2D eigenvalue weighted by Crippen LogP contribution is -2.18. The Labute approximate surface area is 269 Å². The monoisotopic (exact) mass is 682 g/mol. The molecular formula is C31H26N2O10S3. The molecule has 0 radical (unpaired) electrons. The summed E-state index contributed by atoms with van der Waals surface area (Å²) >= 11 is 1.04. The van der Waals surface area contributed by atoms with Gasteiger partial charge in [-0.25, -0.2) is 8.42 Å². The molecule has 0 saturated heterocycles. The van der Waals surface area contributed by atoms with Gasteiger partial charge in [-0.15, -0.1) is 0 Å². The summed E-state index contributed by atoms with van der Waals surface area (Å²) < 4.78 is 67.9. The predicted molar refractivity (Wildman–Crippen MR) is 171 cm³/mol. The lowest BCUT2D eigenvalue weighted by atomic mass is 10.1. The summed E-state index contributed by atoms with van der Waals surface area (Å²) in [7, 11) is -5.39. The normalized spacial score (nSPS) is 13.9. The van der Waals surface area contributed by atoms with Gasteiger partial charge in [-0.2, -0.15) is 8.42 Å². The molecule has 1 N–H and O–H groups in total. The second-order valence-electron chi connectivity index (χ2n) is 9.96. The zero-order valence-corrected chi connectivity index (χ0v) is 27.0. The zero-order valence-electron chi connectivity index (χ0n) is 24.5. The Morgan fingerprint density at radius 2 is 1.52 bits per heavy atom. The first-order chi connectivity index (χ1) is 21.8. The Morgan fingerprint density at radius 1 is 0.870 bits per heavy atom. The number of anilines is 1. The minimum atomic E-state index is -4.35. The van der Waals surface area contributed by atoms with Crippen molar-refractivity contribution < 1.29 is 40.2 Å². The van der Waals surface area contributed by atoms with Crippen LogP contribution in [0, 0.1) is 17.0 Å². The van der Waals surface area contributed by atoms with Gasteiger partial charge in [0.25, 0.3) is 5.91 Å². The molecule has 1 amide bonds. The summed E-state index contributed by atoms with van der Waals surface area (Å²) in [6.07, 6.45) is 1.40. The second-order valence-corrected chi connectivity index (χ2v) is 14.6. The van der Waals surface area contributed by atoms with Crippen molar-refractivity contribution in [3.05, 3.63) is 111 Å². The van der Waals surface area contributed by atoms with Gasteiger partial charge in [0, 0.05) is 11.0 Å². The quantitative estimate of drug-likeness (QED) is 0.0936. The number of carbonyl (C=O) groups excluding carboxylic acids is 1. The third-order valence-corrected chi connectivity index (χ3v) is 10.8. The number of methoxy groups -OCH3 is 2. The first-order valence-corrected chi connectivity index (χ1v) is 17.3. The van der Waals surface area contributed by atoms with Crippen molar-refractivity contribution in [2.75, 3.05) is 19.5 Å². The van der Waals surface area contributed by atoms with Crippen LogP contribution in [-0.4, -0.2) is 41.9 Å². The van der Waals surface area contributed by atoms with Crippen molar-refractivity contribution in [2.24, 2.45) is 0 Å². The van der Waals surface area contributed by atoms with Crippen LogP contribution in [0.1, 0.15) is 16.7 Å². The summed E-state index contributed by atoms with van der Waals surface area (Å²) in [6.45, 7) is 1.78. The Bertz CT molecular complexity index is 2090. The number of fused-ring (bicyclic) bond motifs is 1. The van der Waals surface area contributed by atoms with E-state index in [2.05, 4.69) is 5.32 Å². The van der Waals surface area contributed by atoms with Gasteiger partial charge in [-0.05, 0) is 67.1 Å². The number of benzene rings is 4. The molecule has 1 aliphatic heterocycles. The lowest BCUT2D eigenvalue weighted by Gasteiger charge is -2.20. The van der Waals surface area contributed by atoms with E-state index in [9.17, 15) is 31.7 Å². The molecule has 238 valence electrons. The van der Waals surface area contributed by atoms with Gasteiger partial charge in [-0.1, -0.05) is 41.6 Å². The van der Waals surface area contributed by atoms with E-state index < -0.39 is 48.0 Å². The summed E-state index contributed by atoms with van der Waals surface area (Å²) in [5.74, 6) is -0.753. The van der Waals surface area contributed by atoms with Gasteiger partial charge in [0.15, 0.2) is 9.84 Å². The summed E-state index contributed by atoms with van der Waals surface area (Å²) in [5.41, 5.74) is 1.07. The highest BCUT2D eigenvalue weighted by Gasteiger charge is 2.27. The molecular weight excluding hydrogens is 657 g/mol. The number of nitrogens with one attached hydrogen (secondary N) is 1. The molecule has 1 aliphatic rings. The number of thioether (sulfide) groups is 1. The van der Waals surface area contributed by atoms with Gasteiger partial charge in [0.05, 0.1) is 45.9 Å². The molecule has 0 spiro atoms. The van der Waals surface area contributed by atoms with Crippen molar-refractivity contribution in [3.8, 4) is 17.2 Å². The van der Waals surface area contributed by atoms with E-state index in [1.807, 2.05) is 0 Å². The van der Waals surface area contributed by atoms with Crippen LogP contribution in [0.15, 0.2) is 98.5 Å². The molecule has 0 aliphatic carbocycles. The summed E-state index contributed by atoms with van der Waals surface area (Å²) in [5, 5.41) is 14.5. The Morgan fingerprint density at radius 3 is 2.15 bits per heavy atom. The highest BCUT2D eigenvalue weighted by Crippen LogP contribution is 2.41. The van der Waals surface area contributed by atoms with Gasteiger partial charge in [0.2, 0.25) is 5.75 Å². The Balaban J connectivity index is 1.39. The molecule has 46 heavy (non-hydrogen) atoms. The van der Waals surface area contributed by atoms with Crippen LogP contribution in [-0.2, 0) is 30.5 Å². The van der Waals surface area contributed by atoms with Gasteiger partial charge in [0.1, 0.15) is 16.4 Å². The number of aryl methyl sites for hydroxylation is 1. The number of nitro groups is 1. The molecule has 0 fully saturated rings. The molecule has 12 nitrogen and oxygen atoms in total. The van der Waals surface area contributed by atoms with E-state index in [1.165, 1.54) is 50.6 Å². The third kappa shape index (κ3) is 6.85. The van der Waals surface area contributed by atoms with Gasteiger partial charge < -0.3 is 19.0 Å². The molecule has 1 heterocycles. The van der Waals surface area contributed by atoms with Crippen LogP contribution < -0.4 is 19.0 Å². The van der Waals surface area contributed by atoms with Crippen LogP contribution >= 0.6 is 11.8 Å². The van der Waals surface area contributed by atoms with E-state index in [-0.39, 0.29) is 25.9 Å². The highest BCUT2D eigenvalue weighted by atomic mass is 32.2. The fraction of sp³-hybridized carbons (Fsp3) is 0.129. The fourth-order valence-corrected chi connectivity index (χ4v) is 7.82. The number of carbonyl (C=O) groups is 1. The van der Waals surface area contributed by atoms with Crippen molar-refractivity contribution in [1.82, 2.24) is 0 Å². The molecule has 0 bridgehead atoms. The summed E-state index contributed by atoms with van der Waals surface area (Å²) in [4.78, 5) is 24.6. The molecule has 0 aromatic heterocycles. The van der Waals surface area contributed by atoms with E-state index in [0.29, 0.717) is 22.0 Å². The highest BCUT2D eigenvalue weighted by molar-refractivity contribution is 8.04. The van der Waals surface area contributed by atoms with Crippen LogP contribution in [0.5, 0.6) is 17.2 Å². The Hall–Kier alpha value is -4.86. The van der Waals surface area contributed by atoms with Crippen LogP contribution in [0.3, 0.4) is 0 Å². The lowest BCUT2D eigenvalue weighted by molar-refractivity contribution is -0.385. The van der Waals surface area contributed by atoms with Gasteiger partial charge in [-0.3, -0.25) is 14.9 Å². The van der Waals surface area contributed by atoms with E-state index >= 15 is 0 Å². The average Bonchev–Trinajstić information content (AvgIpc) is 3.01. The predicted octanol–water partition coefficient (Wildman–Crippen LogP) is 5.75. The van der Waals surface area contributed by atoms with Crippen LogP contribution in [0.25, 0.3) is 6.08 Å². The van der Waals surface area contributed by atoms with Crippen LogP contribution in [0.4, 0.5) is 11.4 Å². The van der Waals surface area contributed by atoms with Gasteiger partial charge >= 0.3 is 15.8 Å². The number of amides is 1. The van der Waals surface area contributed by atoms with E-state index in [1.54, 1.807) is 43.3 Å². The molecule has 4 aromatic carbocycles.